The first-order valence-corrected chi connectivity index (χ1v) is 4.25. The summed E-state index contributed by atoms with van der Waals surface area (Å²) in [6, 6.07) is 4.96. The maximum Gasteiger partial charge on any atom is 0.258 e. The largest absolute Gasteiger partial charge is 0.497 e. The van der Waals surface area contributed by atoms with Gasteiger partial charge in [0.25, 0.3) is 5.56 Å². The van der Waals surface area contributed by atoms with Crippen LogP contribution in [-0.2, 0) is 0 Å². The zero-order valence-corrected chi connectivity index (χ0v) is 8.02. The molecule has 0 N–H and O–H groups in total. The van der Waals surface area contributed by atoms with Gasteiger partial charge in [0.2, 0.25) is 0 Å². The molecule has 0 amide bonds. The highest BCUT2D eigenvalue weighted by Crippen LogP contribution is 2.10. The van der Waals surface area contributed by atoms with Crippen molar-refractivity contribution < 1.29 is 4.74 Å². The monoisotopic (exact) mass is 190 g/mol. The first-order valence-electron chi connectivity index (χ1n) is 4.25. The molecule has 0 spiro atoms. The van der Waals surface area contributed by atoms with Crippen LogP contribution in [0.5, 0.6) is 5.75 Å². The molecule has 0 bridgehead atoms. The lowest BCUT2D eigenvalue weighted by atomic mass is 10.4. The molecule has 0 aliphatic rings. The molecule has 4 nitrogen and oxygen atoms in total. The van der Waals surface area contributed by atoms with E-state index < -0.39 is 0 Å². The van der Waals surface area contributed by atoms with E-state index in [9.17, 15) is 4.79 Å². The van der Waals surface area contributed by atoms with Gasteiger partial charge in [-0.05, 0) is 13.0 Å². The maximum absolute atomic E-state index is 11.5. The Morgan fingerprint density at radius 1 is 1.43 bits per heavy atom. The van der Waals surface area contributed by atoms with Crippen molar-refractivity contribution in [2.75, 3.05) is 7.11 Å². The van der Waals surface area contributed by atoms with Gasteiger partial charge in [-0.25, -0.2) is 4.98 Å². The zero-order valence-electron chi connectivity index (χ0n) is 8.02. The van der Waals surface area contributed by atoms with E-state index >= 15 is 0 Å². The SMILES string of the molecule is COc1ccn2c(=O)cc(C)nc2c1. The van der Waals surface area contributed by atoms with E-state index in [-0.39, 0.29) is 5.56 Å². The number of pyridine rings is 1. The van der Waals surface area contributed by atoms with Gasteiger partial charge in [0.15, 0.2) is 0 Å². The topological polar surface area (TPSA) is 43.6 Å². The van der Waals surface area contributed by atoms with Crippen LogP contribution in [0.1, 0.15) is 5.69 Å². The van der Waals surface area contributed by atoms with Crippen molar-refractivity contribution in [2.24, 2.45) is 0 Å². The molecule has 2 heterocycles. The van der Waals surface area contributed by atoms with Gasteiger partial charge >= 0.3 is 0 Å². The minimum atomic E-state index is -0.0739. The number of hydrogen-bond donors (Lipinski definition) is 0. The maximum atomic E-state index is 11.5. The third-order valence-electron chi connectivity index (χ3n) is 2.00. The normalized spacial score (nSPS) is 10.4. The summed E-state index contributed by atoms with van der Waals surface area (Å²) >= 11 is 0. The third-order valence-corrected chi connectivity index (χ3v) is 2.00. The average molecular weight is 190 g/mol. The molecular formula is C10H10N2O2. The van der Waals surface area contributed by atoms with Crippen LogP contribution in [-0.4, -0.2) is 16.5 Å². The highest BCUT2D eigenvalue weighted by atomic mass is 16.5. The fraction of sp³-hybridized carbons (Fsp3) is 0.200. The Labute approximate surface area is 80.8 Å². The summed E-state index contributed by atoms with van der Waals surface area (Å²) in [5.41, 5.74) is 1.24. The molecule has 2 aromatic rings. The fourth-order valence-electron chi connectivity index (χ4n) is 1.33. The second-order valence-corrected chi connectivity index (χ2v) is 3.03. The van der Waals surface area contributed by atoms with E-state index in [1.54, 1.807) is 32.4 Å². The van der Waals surface area contributed by atoms with Gasteiger partial charge in [-0.1, -0.05) is 0 Å². The summed E-state index contributed by atoms with van der Waals surface area (Å²) < 4.78 is 6.53. The predicted molar refractivity (Wildman–Crippen MR) is 52.8 cm³/mol. The predicted octanol–water partition coefficient (Wildman–Crippen LogP) is 1.01. The van der Waals surface area contributed by atoms with Crippen molar-refractivity contribution in [3.05, 3.63) is 40.4 Å². The van der Waals surface area contributed by atoms with Crippen LogP contribution in [0.25, 0.3) is 5.65 Å². The molecule has 0 aromatic carbocycles. The molecule has 0 aliphatic carbocycles. The van der Waals surface area contributed by atoms with Crippen molar-refractivity contribution in [2.45, 2.75) is 6.92 Å². The molecule has 0 atom stereocenters. The second kappa shape index (κ2) is 3.14. The van der Waals surface area contributed by atoms with Crippen molar-refractivity contribution >= 4 is 5.65 Å². The summed E-state index contributed by atoms with van der Waals surface area (Å²) in [6.07, 6.45) is 1.66. The number of methoxy groups -OCH3 is 1. The van der Waals surface area contributed by atoms with E-state index in [1.165, 1.54) is 10.5 Å². The molecule has 14 heavy (non-hydrogen) atoms. The summed E-state index contributed by atoms with van der Waals surface area (Å²) in [6.45, 7) is 1.79. The lowest BCUT2D eigenvalue weighted by Crippen LogP contribution is -2.14. The van der Waals surface area contributed by atoms with Gasteiger partial charge in [-0.15, -0.1) is 0 Å². The Morgan fingerprint density at radius 2 is 2.21 bits per heavy atom. The quantitative estimate of drug-likeness (QED) is 0.674. The lowest BCUT2D eigenvalue weighted by Gasteiger charge is -2.03. The standard InChI is InChI=1S/C10H10N2O2/c1-7-5-10(13)12-4-3-8(14-2)6-9(12)11-7/h3-6H,1-2H3. The Hall–Kier alpha value is -1.84. The van der Waals surface area contributed by atoms with E-state index in [1.807, 2.05) is 0 Å². The number of rotatable bonds is 1. The Morgan fingerprint density at radius 3 is 2.93 bits per heavy atom. The second-order valence-electron chi connectivity index (χ2n) is 3.03. The van der Waals surface area contributed by atoms with Crippen LogP contribution in [0.4, 0.5) is 0 Å². The molecule has 0 saturated carbocycles. The van der Waals surface area contributed by atoms with Gasteiger partial charge in [-0.2, -0.15) is 0 Å². The molecule has 0 unspecified atom stereocenters. The van der Waals surface area contributed by atoms with E-state index in [0.717, 1.165) is 0 Å². The van der Waals surface area contributed by atoms with Crippen LogP contribution in [0.3, 0.4) is 0 Å². The molecule has 2 rings (SSSR count). The van der Waals surface area contributed by atoms with Crippen LogP contribution < -0.4 is 10.3 Å². The number of fused-ring (bicyclic) bond motifs is 1. The summed E-state index contributed by atoms with van der Waals surface area (Å²) in [5.74, 6) is 0.697. The molecular weight excluding hydrogens is 180 g/mol. The third kappa shape index (κ3) is 1.35. The van der Waals surface area contributed by atoms with E-state index in [2.05, 4.69) is 4.98 Å². The highest BCUT2D eigenvalue weighted by Gasteiger charge is 2.00. The van der Waals surface area contributed by atoms with Crippen molar-refractivity contribution in [1.29, 1.82) is 0 Å². The minimum Gasteiger partial charge on any atom is -0.497 e. The smallest absolute Gasteiger partial charge is 0.258 e. The molecule has 0 fully saturated rings. The van der Waals surface area contributed by atoms with Gasteiger partial charge in [0.05, 0.1) is 7.11 Å². The molecule has 72 valence electrons. The number of ether oxygens (including phenoxy) is 1. The Kier molecular flexibility index (Phi) is 1.96. The van der Waals surface area contributed by atoms with Crippen LogP contribution in [0.15, 0.2) is 29.2 Å². The van der Waals surface area contributed by atoms with E-state index in [0.29, 0.717) is 17.1 Å². The van der Waals surface area contributed by atoms with Crippen molar-refractivity contribution in [3.8, 4) is 5.75 Å². The number of aryl methyl sites for hydroxylation is 1. The number of nitrogens with zero attached hydrogens (tertiary/aromatic N) is 2. The summed E-state index contributed by atoms with van der Waals surface area (Å²) in [4.78, 5) is 15.7. The first-order chi connectivity index (χ1) is 6.70. The molecule has 0 radical (unpaired) electrons. The highest BCUT2D eigenvalue weighted by molar-refractivity contribution is 5.44. The zero-order chi connectivity index (χ0) is 10.1. The molecule has 2 aromatic heterocycles. The van der Waals surface area contributed by atoms with E-state index in [4.69, 9.17) is 4.74 Å². The summed E-state index contributed by atoms with van der Waals surface area (Å²) in [7, 11) is 1.58. The van der Waals surface area contributed by atoms with Gasteiger partial charge in [-0.3, -0.25) is 9.20 Å². The van der Waals surface area contributed by atoms with Crippen LogP contribution >= 0.6 is 0 Å². The van der Waals surface area contributed by atoms with Gasteiger partial charge in [0, 0.05) is 24.0 Å². The van der Waals surface area contributed by atoms with Crippen molar-refractivity contribution in [3.63, 3.8) is 0 Å². The van der Waals surface area contributed by atoms with Crippen LogP contribution in [0.2, 0.25) is 0 Å². The van der Waals surface area contributed by atoms with Crippen LogP contribution in [0, 0.1) is 6.92 Å². The van der Waals surface area contributed by atoms with Gasteiger partial charge < -0.3 is 4.74 Å². The molecule has 0 saturated heterocycles. The Bertz CT molecular complexity index is 531. The fourth-order valence-corrected chi connectivity index (χ4v) is 1.33. The average Bonchev–Trinajstić information content (AvgIpc) is 2.16. The minimum absolute atomic E-state index is 0.0739. The molecule has 4 heteroatoms. The number of hydrogen-bond acceptors (Lipinski definition) is 3. The molecule has 0 aliphatic heterocycles. The summed E-state index contributed by atoms with van der Waals surface area (Å²) in [5, 5.41) is 0. The first kappa shape index (κ1) is 8.74. The lowest BCUT2D eigenvalue weighted by molar-refractivity contribution is 0.414. The Balaban J connectivity index is 2.82. The van der Waals surface area contributed by atoms with Gasteiger partial charge in [0.1, 0.15) is 11.4 Å². The number of aromatic nitrogens is 2. The van der Waals surface area contributed by atoms with Crippen molar-refractivity contribution in [1.82, 2.24) is 9.38 Å².